The van der Waals surface area contributed by atoms with Crippen LogP contribution >= 0.6 is 11.6 Å². The lowest BCUT2D eigenvalue weighted by molar-refractivity contribution is -0.129. The van der Waals surface area contributed by atoms with Gasteiger partial charge in [-0.05, 0) is 42.3 Å². The third-order valence-corrected chi connectivity index (χ3v) is 4.03. The van der Waals surface area contributed by atoms with Gasteiger partial charge in [0.2, 0.25) is 5.91 Å². The Hall–Kier alpha value is -2.53. The Kier molecular flexibility index (Phi) is 6.83. The molecule has 2 aromatic carbocycles. The zero-order valence-corrected chi connectivity index (χ0v) is 15.1. The molecule has 0 spiro atoms. The SMILES string of the molecule is CCN(Cc1ccc(NC(=O)NCc2ccc(Cl)cc2)cc1)C(C)=O. The minimum absolute atomic E-state index is 0.0475. The number of benzene rings is 2. The third kappa shape index (κ3) is 6.12. The maximum atomic E-state index is 11.9. The number of nitrogens with one attached hydrogen (secondary N) is 2. The Morgan fingerprint density at radius 1 is 1.00 bits per heavy atom. The van der Waals surface area contributed by atoms with E-state index in [-0.39, 0.29) is 11.9 Å². The zero-order valence-electron chi connectivity index (χ0n) is 14.4. The molecule has 0 aliphatic rings. The summed E-state index contributed by atoms with van der Waals surface area (Å²) in [5.41, 5.74) is 2.69. The number of rotatable bonds is 6. The van der Waals surface area contributed by atoms with Gasteiger partial charge in [-0.2, -0.15) is 0 Å². The summed E-state index contributed by atoms with van der Waals surface area (Å²) < 4.78 is 0. The predicted molar refractivity (Wildman–Crippen MR) is 101 cm³/mol. The fraction of sp³-hybridized carbons (Fsp3) is 0.263. The molecule has 2 N–H and O–H groups in total. The molecule has 0 radical (unpaired) electrons. The number of amides is 3. The summed E-state index contributed by atoms with van der Waals surface area (Å²) in [6, 6.07) is 14.5. The maximum Gasteiger partial charge on any atom is 0.319 e. The first-order valence-electron chi connectivity index (χ1n) is 8.11. The van der Waals surface area contributed by atoms with Crippen molar-refractivity contribution in [3.63, 3.8) is 0 Å². The smallest absolute Gasteiger partial charge is 0.319 e. The van der Waals surface area contributed by atoms with E-state index in [1.54, 1.807) is 24.0 Å². The average molecular weight is 360 g/mol. The van der Waals surface area contributed by atoms with Crippen LogP contribution in [0.4, 0.5) is 10.5 Å². The molecule has 0 bridgehead atoms. The minimum atomic E-state index is -0.276. The van der Waals surface area contributed by atoms with Crippen molar-refractivity contribution in [2.45, 2.75) is 26.9 Å². The summed E-state index contributed by atoms with van der Waals surface area (Å²) >= 11 is 5.83. The summed E-state index contributed by atoms with van der Waals surface area (Å²) in [6.07, 6.45) is 0. The second kappa shape index (κ2) is 9.08. The highest BCUT2D eigenvalue weighted by Gasteiger charge is 2.07. The van der Waals surface area contributed by atoms with E-state index in [1.165, 1.54) is 0 Å². The molecule has 0 fully saturated rings. The molecule has 6 heteroatoms. The monoisotopic (exact) mass is 359 g/mol. The van der Waals surface area contributed by atoms with Crippen molar-refractivity contribution >= 4 is 29.2 Å². The third-order valence-electron chi connectivity index (χ3n) is 3.78. The van der Waals surface area contributed by atoms with Gasteiger partial charge in [0, 0.05) is 37.3 Å². The lowest BCUT2D eigenvalue weighted by Crippen LogP contribution is -2.28. The van der Waals surface area contributed by atoms with Crippen molar-refractivity contribution < 1.29 is 9.59 Å². The van der Waals surface area contributed by atoms with Crippen LogP contribution in [0.3, 0.4) is 0 Å². The Morgan fingerprint density at radius 2 is 1.60 bits per heavy atom. The number of anilines is 1. The maximum absolute atomic E-state index is 11.9. The zero-order chi connectivity index (χ0) is 18.2. The van der Waals surface area contributed by atoms with Gasteiger partial charge < -0.3 is 15.5 Å². The molecule has 25 heavy (non-hydrogen) atoms. The molecule has 0 unspecified atom stereocenters. The van der Waals surface area contributed by atoms with Gasteiger partial charge in [-0.15, -0.1) is 0 Å². The normalized spacial score (nSPS) is 10.2. The van der Waals surface area contributed by atoms with Gasteiger partial charge in [0.05, 0.1) is 0 Å². The quantitative estimate of drug-likeness (QED) is 0.818. The minimum Gasteiger partial charge on any atom is -0.339 e. The van der Waals surface area contributed by atoms with Crippen LogP contribution in [0.15, 0.2) is 48.5 Å². The number of hydrogen-bond donors (Lipinski definition) is 2. The van der Waals surface area contributed by atoms with Gasteiger partial charge in [-0.1, -0.05) is 35.9 Å². The lowest BCUT2D eigenvalue weighted by atomic mass is 10.2. The molecular formula is C19H22ClN3O2. The summed E-state index contributed by atoms with van der Waals surface area (Å²) in [6.45, 7) is 5.16. The first-order valence-corrected chi connectivity index (χ1v) is 8.49. The topological polar surface area (TPSA) is 61.4 Å². The molecule has 0 atom stereocenters. The van der Waals surface area contributed by atoms with Gasteiger partial charge in [0.15, 0.2) is 0 Å². The Bertz CT molecular complexity index is 714. The largest absolute Gasteiger partial charge is 0.339 e. The average Bonchev–Trinajstić information content (AvgIpc) is 2.60. The number of carbonyl (C=O) groups is 2. The van der Waals surface area contributed by atoms with E-state index >= 15 is 0 Å². The van der Waals surface area contributed by atoms with E-state index in [0.717, 1.165) is 11.1 Å². The van der Waals surface area contributed by atoms with Gasteiger partial charge in [0.25, 0.3) is 0 Å². The summed E-state index contributed by atoms with van der Waals surface area (Å²) in [5, 5.41) is 6.24. The van der Waals surface area contributed by atoms with Crippen molar-refractivity contribution in [1.82, 2.24) is 10.2 Å². The van der Waals surface area contributed by atoms with Crippen molar-refractivity contribution in [2.24, 2.45) is 0 Å². The van der Waals surface area contributed by atoms with Crippen LogP contribution in [0.25, 0.3) is 0 Å². The highest BCUT2D eigenvalue weighted by Crippen LogP contribution is 2.12. The Labute approximate surface area is 153 Å². The second-order valence-corrected chi connectivity index (χ2v) is 6.10. The molecule has 3 amide bonds. The number of halogens is 1. The van der Waals surface area contributed by atoms with Crippen LogP contribution in [0.2, 0.25) is 5.02 Å². The van der Waals surface area contributed by atoms with Crippen molar-refractivity contribution in [3.05, 3.63) is 64.7 Å². The predicted octanol–water partition coefficient (Wildman–Crippen LogP) is 4.03. The second-order valence-electron chi connectivity index (χ2n) is 5.66. The van der Waals surface area contributed by atoms with E-state index in [4.69, 9.17) is 11.6 Å². The highest BCUT2D eigenvalue weighted by molar-refractivity contribution is 6.30. The van der Waals surface area contributed by atoms with Gasteiger partial charge in [-0.3, -0.25) is 4.79 Å². The molecule has 0 saturated heterocycles. The van der Waals surface area contributed by atoms with Gasteiger partial charge in [-0.25, -0.2) is 4.79 Å². The molecule has 0 heterocycles. The van der Waals surface area contributed by atoms with Crippen LogP contribution < -0.4 is 10.6 Å². The van der Waals surface area contributed by atoms with Crippen LogP contribution in [-0.4, -0.2) is 23.4 Å². The van der Waals surface area contributed by atoms with Crippen LogP contribution in [0.1, 0.15) is 25.0 Å². The Morgan fingerprint density at radius 3 is 2.16 bits per heavy atom. The van der Waals surface area contributed by atoms with Gasteiger partial charge in [0.1, 0.15) is 0 Å². The van der Waals surface area contributed by atoms with Crippen molar-refractivity contribution in [1.29, 1.82) is 0 Å². The molecule has 0 saturated carbocycles. The van der Waals surface area contributed by atoms with Crippen LogP contribution in [0, 0.1) is 0 Å². The van der Waals surface area contributed by atoms with Gasteiger partial charge >= 0.3 is 6.03 Å². The molecule has 132 valence electrons. The molecule has 0 aromatic heterocycles. The first kappa shape index (κ1) is 18.8. The molecule has 5 nitrogen and oxygen atoms in total. The van der Waals surface area contributed by atoms with E-state index < -0.39 is 0 Å². The Balaban J connectivity index is 1.84. The van der Waals surface area contributed by atoms with Crippen molar-refractivity contribution in [2.75, 3.05) is 11.9 Å². The molecule has 0 aliphatic carbocycles. The number of hydrogen-bond acceptors (Lipinski definition) is 2. The molecular weight excluding hydrogens is 338 g/mol. The summed E-state index contributed by atoms with van der Waals surface area (Å²) in [4.78, 5) is 25.2. The van der Waals surface area contributed by atoms with Crippen LogP contribution in [-0.2, 0) is 17.9 Å². The van der Waals surface area contributed by atoms with E-state index in [9.17, 15) is 9.59 Å². The standard InChI is InChI=1S/C19H22ClN3O2/c1-3-23(14(2)24)13-16-6-10-18(11-7-16)22-19(25)21-12-15-4-8-17(20)9-5-15/h4-11H,3,12-13H2,1-2H3,(H2,21,22,25). The molecule has 2 rings (SSSR count). The van der Waals surface area contributed by atoms with Crippen LogP contribution in [0.5, 0.6) is 0 Å². The lowest BCUT2D eigenvalue weighted by Gasteiger charge is -2.19. The molecule has 2 aromatic rings. The number of carbonyl (C=O) groups excluding carboxylic acids is 2. The van der Waals surface area contributed by atoms with E-state index in [0.29, 0.717) is 30.3 Å². The fourth-order valence-electron chi connectivity index (χ4n) is 2.32. The summed E-state index contributed by atoms with van der Waals surface area (Å²) in [5.74, 6) is 0.0475. The molecule has 0 aliphatic heterocycles. The highest BCUT2D eigenvalue weighted by atomic mass is 35.5. The number of nitrogens with zero attached hydrogens (tertiary/aromatic N) is 1. The first-order chi connectivity index (χ1) is 12.0. The number of urea groups is 1. The van der Waals surface area contributed by atoms with Crippen molar-refractivity contribution in [3.8, 4) is 0 Å². The summed E-state index contributed by atoms with van der Waals surface area (Å²) in [7, 11) is 0. The van der Waals surface area contributed by atoms with E-state index in [2.05, 4.69) is 10.6 Å². The van der Waals surface area contributed by atoms with E-state index in [1.807, 2.05) is 43.3 Å². The fourth-order valence-corrected chi connectivity index (χ4v) is 2.45.